The molecular weight excluding hydrogens is 488 g/mol. The number of ether oxygens (including phenoxy) is 2. The fraction of sp³-hybridized carbons (Fsp3) is 0.0345. The molecule has 9 heteroatoms. The summed E-state index contributed by atoms with van der Waals surface area (Å²) in [5.74, 6) is 0.952. The third-order valence-corrected chi connectivity index (χ3v) is 5.92. The maximum atomic E-state index is 13.8. The predicted octanol–water partition coefficient (Wildman–Crippen LogP) is 7.06. The molecule has 0 fully saturated rings. The van der Waals surface area contributed by atoms with E-state index in [0.29, 0.717) is 50.7 Å². The minimum absolute atomic E-state index is 0.316. The molecule has 186 valence electrons. The highest BCUT2D eigenvalue weighted by atomic mass is 19.1. The number of nitrogens with one attached hydrogen (secondary N) is 1. The monoisotopic (exact) mass is 507 g/mol. The van der Waals surface area contributed by atoms with Crippen molar-refractivity contribution in [2.24, 2.45) is 0 Å². The number of fused-ring (bicyclic) bond motifs is 2. The van der Waals surface area contributed by atoms with Crippen LogP contribution in [0.25, 0.3) is 33.1 Å². The lowest BCUT2D eigenvalue weighted by Gasteiger charge is -2.12. The first-order valence-corrected chi connectivity index (χ1v) is 11.6. The summed E-state index contributed by atoms with van der Waals surface area (Å²) in [6, 6.07) is 21.6. The molecule has 0 unspecified atom stereocenters. The fourth-order valence-electron chi connectivity index (χ4n) is 4.15. The molecule has 7 nitrogen and oxygen atoms in total. The van der Waals surface area contributed by atoms with Gasteiger partial charge in [-0.05, 0) is 36.4 Å². The zero-order chi connectivity index (χ0) is 26.1. The minimum Gasteiger partial charge on any atom is -0.495 e. The molecule has 0 aliphatic rings. The van der Waals surface area contributed by atoms with Crippen molar-refractivity contribution in [2.75, 3.05) is 12.4 Å². The number of nitrogens with zero attached hydrogens (tertiary/aromatic N) is 4. The number of rotatable bonds is 6. The molecule has 0 saturated heterocycles. The number of hydrogen-bond acceptors (Lipinski definition) is 7. The van der Waals surface area contributed by atoms with Gasteiger partial charge in [0.25, 0.3) is 0 Å². The van der Waals surface area contributed by atoms with Crippen LogP contribution in [0.15, 0.2) is 91.3 Å². The summed E-state index contributed by atoms with van der Waals surface area (Å²) in [6.45, 7) is 0. The van der Waals surface area contributed by atoms with Gasteiger partial charge in [-0.15, -0.1) is 10.2 Å². The van der Waals surface area contributed by atoms with Crippen molar-refractivity contribution in [3.63, 3.8) is 0 Å². The largest absolute Gasteiger partial charge is 0.495 e. The molecule has 38 heavy (non-hydrogen) atoms. The van der Waals surface area contributed by atoms with Crippen molar-refractivity contribution >= 4 is 33.3 Å². The zero-order valence-electron chi connectivity index (χ0n) is 20.0. The fourth-order valence-corrected chi connectivity index (χ4v) is 4.15. The Morgan fingerprint density at radius 2 is 1.53 bits per heavy atom. The summed E-state index contributed by atoms with van der Waals surface area (Å²) in [4.78, 5) is 8.74. The highest BCUT2D eigenvalue weighted by molar-refractivity contribution is 6.00. The normalized spacial score (nSPS) is 11.0. The Kier molecular flexibility index (Phi) is 5.93. The van der Waals surface area contributed by atoms with E-state index in [9.17, 15) is 8.78 Å². The SMILES string of the molecule is COc1cnc2c(Oc3ccc(Nc4nnc(-c5cc(F)cc(F)c5)c5ccccc45)cc3)ccnc2c1. The Bertz CT molecular complexity index is 1770. The Labute approximate surface area is 215 Å². The van der Waals surface area contributed by atoms with Gasteiger partial charge >= 0.3 is 0 Å². The van der Waals surface area contributed by atoms with Gasteiger partial charge in [0.15, 0.2) is 11.6 Å². The highest BCUT2D eigenvalue weighted by Crippen LogP contribution is 2.33. The Morgan fingerprint density at radius 1 is 0.763 bits per heavy atom. The van der Waals surface area contributed by atoms with Crippen molar-refractivity contribution in [1.82, 2.24) is 20.2 Å². The maximum Gasteiger partial charge on any atom is 0.161 e. The number of methoxy groups -OCH3 is 1. The van der Waals surface area contributed by atoms with Crippen LogP contribution in [-0.2, 0) is 0 Å². The lowest BCUT2D eigenvalue weighted by molar-refractivity contribution is 0.413. The summed E-state index contributed by atoms with van der Waals surface area (Å²) in [7, 11) is 1.58. The summed E-state index contributed by atoms with van der Waals surface area (Å²) in [5, 5.41) is 13.3. The molecule has 6 aromatic rings. The van der Waals surface area contributed by atoms with Crippen molar-refractivity contribution in [3.8, 4) is 28.5 Å². The number of hydrogen-bond donors (Lipinski definition) is 1. The Hall–Kier alpha value is -5.18. The van der Waals surface area contributed by atoms with Crippen LogP contribution in [0, 0.1) is 11.6 Å². The molecular formula is C29H19F2N5O2. The smallest absolute Gasteiger partial charge is 0.161 e. The molecule has 0 spiro atoms. The van der Waals surface area contributed by atoms with Crippen LogP contribution < -0.4 is 14.8 Å². The van der Waals surface area contributed by atoms with Crippen LogP contribution in [0.4, 0.5) is 20.3 Å². The van der Waals surface area contributed by atoms with Gasteiger partial charge in [-0.3, -0.25) is 4.98 Å². The van der Waals surface area contributed by atoms with E-state index >= 15 is 0 Å². The number of pyridine rings is 2. The van der Waals surface area contributed by atoms with Crippen LogP contribution in [0.3, 0.4) is 0 Å². The summed E-state index contributed by atoms with van der Waals surface area (Å²) in [5.41, 5.74) is 2.74. The molecule has 0 saturated carbocycles. The van der Waals surface area contributed by atoms with Gasteiger partial charge < -0.3 is 14.8 Å². The van der Waals surface area contributed by atoms with Gasteiger partial charge in [0.1, 0.15) is 34.3 Å². The minimum atomic E-state index is -0.675. The Morgan fingerprint density at radius 3 is 2.29 bits per heavy atom. The zero-order valence-corrected chi connectivity index (χ0v) is 20.0. The van der Waals surface area contributed by atoms with Crippen molar-refractivity contribution in [1.29, 1.82) is 0 Å². The molecule has 0 aliphatic carbocycles. The number of aromatic nitrogens is 4. The first-order chi connectivity index (χ1) is 18.6. The van der Waals surface area contributed by atoms with Gasteiger partial charge in [0, 0.05) is 46.4 Å². The van der Waals surface area contributed by atoms with E-state index in [4.69, 9.17) is 9.47 Å². The second kappa shape index (κ2) is 9.70. The summed E-state index contributed by atoms with van der Waals surface area (Å²) in [6.07, 6.45) is 3.27. The van der Waals surface area contributed by atoms with Crippen LogP contribution in [-0.4, -0.2) is 27.3 Å². The average Bonchev–Trinajstić information content (AvgIpc) is 2.93. The van der Waals surface area contributed by atoms with E-state index < -0.39 is 11.6 Å². The standard InChI is InChI=1S/C29H19F2N5O2/c1-37-22-15-25-28(33-16-22)26(10-11-32-25)38-21-8-6-20(7-9-21)34-29-24-5-3-2-4-23(24)27(35-36-29)17-12-18(30)14-19(31)13-17/h2-16H,1H3,(H,34,36). The van der Waals surface area contributed by atoms with E-state index in [2.05, 4.69) is 25.5 Å². The lowest BCUT2D eigenvalue weighted by atomic mass is 10.0. The average molecular weight is 508 g/mol. The van der Waals surface area contributed by atoms with Crippen molar-refractivity contribution in [3.05, 3.63) is 103 Å². The van der Waals surface area contributed by atoms with Gasteiger partial charge in [-0.2, -0.15) is 0 Å². The third kappa shape index (κ3) is 4.53. The molecule has 0 radical (unpaired) electrons. The third-order valence-electron chi connectivity index (χ3n) is 5.92. The van der Waals surface area contributed by atoms with Gasteiger partial charge in [-0.25, -0.2) is 13.8 Å². The van der Waals surface area contributed by atoms with Gasteiger partial charge in [0.2, 0.25) is 0 Å². The maximum absolute atomic E-state index is 13.8. The van der Waals surface area contributed by atoms with E-state index in [1.807, 2.05) is 48.5 Å². The molecule has 3 heterocycles. The molecule has 3 aromatic carbocycles. The predicted molar refractivity (Wildman–Crippen MR) is 141 cm³/mol. The molecule has 0 aliphatic heterocycles. The van der Waals surface area contributed by atoms with Crippen LogP contribution in [0.5, 0.6) is 17.2 Å². The molecule has 6 rings (SSSR count). The van der Waals surface area contributed by atoms with E-state index in [1.165, 1.54) is 12.1 Å². The summed E-state index contributed by atoms with van der Waals surface area (Å²) < 4.78 is 39.0. The summed E-state index contributed by atoms with van der Waals surface area (Å²) >= 11 is 0. The molecule has 3 aromatic heterocycles. The Balaban J connectivity index is 1.27. The number of halogens is 2. The van der Waals surface area contributed by atoms with Crippen molar-refractivity contribution < 1.29 is 18.3 Å². The topological polar surface area (TPSA) is 82.0 Å². The van der Waals surface area contributed by atoms with Crippen LogP contribution in [0.2, 0.25) is 0 Å². The van der Waals surface area contributed by atoms with Gasteiger partial charge in [0.05, 0.1) is 18.8 Å². The van der Waals surface area contributed by atoms with Crippen LogP contribution in [0.1, 0.15) is 0 Å². The quantitative estimate of drug-likeness (QED) is 0.258. The lowest BCUT2D eigenvalue weighted by Crippen LogP contribution is -1.99. The molecule has 1 N–H and O–H groups in total. The molecule has 0 bridgehead atoms. The van der Waals surface area contributed by atoms with Gasteiger partial charge in [-0.1, -0.05) is 24.3 Å². The highest BCUT2D eigenvalue weighted by Gasteiger charge is 2.13. The number of benzene rings is 3. The van der Waals surface area contributed by atoms with Crippen LogP contribution >= 0.6 is 0 Å². The van der Waals surface area contributed by atoms with E-state index in [0.717, 1.165) is 17.1 Å². The van der Waals surface area contributed by atoms with Crippen molar-refractivity contribution in [2.45, 2.75) is 0 Å². The second-order valence-corrected chi connectivity index (χ2v) is 8.40. The van der Waals surface area contributed by atoms with E-state index in [-0.39, 0.29) is 0 Å². The number of anilines is 2. The first kappa shape index (κ1) is 23.2. The molecule has 0 amide bonds. The van der Waals surface area contributed by atoms with E-state index in [1.54, 1.807) is 31.6 Å². The molecule has 0 atom stereocenters. The second-order valence-electron chi connectivity index (χ2n) is 8.40. The first-order valence-electron chi connectivity index (χ1n) is 11.6.